The van der Waals surface area contributed by atoms with Crippen LogP contribution in [0.15, 0.2) is 24.3 Å². The highest BCUT2D eigenvalue weighted by Gasteiger charge is 2.47. The van der Waals surface area contributed by atoms with Crippen LogP contribution in [-0.4, -0.2) is 11.5 Å². The van der Waals surface area contributed by atoms with Crippen LogP contribution in [-0.2, 0) is 12.0 Å². The van der Waals surface area contributed by atoms with Crippen LogP contribution in [0.5, 0.6) is 0 Å². The molecule has 124 valence electrons. The fourth-order valence-corrected chi connectivity index (χ4v) is 5.14. The summed E-state index contributed by atoms with van der Waals surface area (Å²) in [7, 11) is 0. The number of nitrogens with one attached hydrogen (secondary N) is 1. The molecular formula is C21H31N2+. The lowest BCUT2D eigenvalue weighted by Crippen LogP contribution is -2.97. The van der Waals surface area contributed by atoms with Crippen LogP contribution in [0.2, 0.25) is 0 Å². The first-order chi connectivity index (χ1) is 11.1. The Kier molecular flexibility index (Phi) is 3.57. The summed E-state index contributed by atoms with van der Waals surface area (Å²) < 4.78 is 0. The van der Waals surface area contributed by atoms with Crippen LogP contribution in [0, 0.1) is 11.3 Å². The third-order valence-corrected chi connectivity index (χ3v) is 7.14. The lowest BCUT2D eigenvalue weighted by Gasteiger charge is -2.44. The molecule has 1 aliphatic heterocycles. The Labute approximate surface area is 140 Å². The molecule has 0 unspecified atom stereocenters. The topological polar surface area (TPSA) is 32.4 Å². The second-order valence-corrected chi connectivity index (χ2v) is 8.54. The number of fused-ring (bicyclic) bond motifs is 4. The van der Waals surface area contributed by atoms with Crippen molar-refractivity contribution in [1.82, 2.24) is 4.98 Å². The predicted octanol–water partition coefficient (Wildman–Crippen LogP) is 4.11. The number of benzene rings is 1. The van der Waals surface area contributed by atoms with Crippen molar-refractivity contribution in [2.24, 2.45) is 11.3 Å². The first-order valence-electron chi connectivity index (χ1n) is 9.50. The van der Waals surface area contributed by atoms with Crippen LogP contribution in [0.4, 0.5) is 0 Å². The molecule has 1 fully saturated rings. The number of quaternary nitrogens is 1. The number of hydrogen-bond donors (Lipinski definition) is 2. The molecule has 2 nitrogen and oxygen atoms in total. The Morgan fingerprint density at radius 1 is 1.22 bits per heavy atom. The molecule has 2 aliphatic rings. The van der Waals surface area contributed by atoms with E-state index in [1.807, 2.05) is 0 Å². The molecule has 0 radical (unpaired) electrons. The van der Waals surface area contributed by atoms with E-state index in [9.17, 15) is 0 Å². The maximum absolute atomic E-state index is 3.81. The van der Waals surface area contributed by atoms with Crippen LogP contribution in [0.1, 0.15) is 64.1 Å². The van der Waals surface area contributed by atoms with Gasteiger partial charge in [-0.3, -0.25) is 0 Å². The molecule has 1 saturated carbocycles. The van der Waals surface area contributed by atoms with Crippen LogP contribution in [0.3, 0.4) is 0 Å². The van der Waals surface area contributed by atoms with E-state index in [0.717, 1.165) is 5.92 Å². The molecule has 2 heteroatoms. The normalized spacial score (nSPS) is 28.2. The number of H-pyrrole nitrogens is 1. The van der Waals surface area contributed by atoms with Crippen molar-refractivity contribution in [1.29, 1.82) is 0 Å². The summed E-state index contributed by atoms with van der Waals surface area (Å²) in [6.45, 7) is 8.53. The molecule has 3 N–H and O–H groups in total. The van der Waals surface area contributed by atoms with Crippen molar-refractivity contribution in [3.8, 4) is 0 Å². The second kappa shape index (κ2) is 5.37. The number of aromatic nitrogens is 1. The molecule has 2 aromatic rings. The number of aromatic amines is 1. The molecule has 0 saturated heterocycles. The van der Waals surface area contributed by atoms with Gasteiger partial charge in [0.05, 0.1) is 12.2 Å². The summed E-state index contributed by atoms with van der Waals surface area (Å²) in [6.07, 6.45) is 7.94. The Hall–Kier alpha value is -1.28. The summed E-state index contributed by atoms with van der Waals surface area (Å²) in [6, 6.07) is 8.88. The number of hydrogen-bond acceptors (Lipinski definition) is 0. The number of rotatable bonds is 2. The molecule has 1 aromatic carbocycles. The lowest BCUT2D eigenvalue weighted by atomic mass is 9.64. The van der Waals surface area contributed by atoms with E-state index in [1.54, 1.807) is 11.3 Å². The fraction of sp³-hybridized carbons (Fsp3) is 0.619. The van der Waals surface area contributed by atoms with Gasteiger partial charge in [-0.25, -0.2) is 0 Å². The van der Waals surface area contributed by atoms with E-state index in [1.165, 1.54) is 56.0 Å². The zero-order chi connectivity index (χ0) is 16.1. The molecule has 0 amide bonds. The van der Waals surface area contributed by atoms with Crippen molar-refractivity contribution in [3.05, 3.63) is 35.5 Å². The minimum absolute atomic E-state index is 0.326. The Morgan fingerprint density at radius 3 is 2.70 bits per heavy atom. The zero-order valence-corrected chi connectivity index (χ0v) is 14.9. The van der Waals surface area contributed by atoms with Gasteiger partial charge in [-0.15, -0.1) is 0 Å². The van der Waals surface area contributed by atoms with Crippen LogP contribution in [0.25, 0.3) is 10.9 Å². The van der Waals surface area contributed by atoms with Gasteiger partial charge in [-0.2, -0.15) is 0 Å². The van der Waals surface area contributed by atoms with Crippen molar-refractivity contribution in [2.75, 3.05) is 6.54 Å². The third-order valence-electron chi connectivity index (χ3n) is 7.14. The Bertz CT molecular complexity index is 702. The smallest absolute Gasteiger partial charge is 0.137 e. The highest BCUT2D eigenvalue weighted by atomic mass is 15.0. The summed E-state index contributed by atoms with van der Waals surface area (Å²) in [5.74, 6) is 0.890. The zero-order valence-electron chi connectivity index (χ0n) is 14.9. The predicted molar refractivity (Wildman–Crippen MR) is 96.5 cm³/mol. The molecule has 1 spiro atoms. The first-order valence-corrected chi connectivity index (χ1v) is 9.50. The van der Waals surface area contributed by atoms with Crippen molar-refractivity contribution < 1.29 is 5.32 Å². The van der Waals surface area contributed by atoms with E-state index >= 15 is 0 Å². The molecule has 4 rings (SSSR count). The minimum Gasteiger partial charge on any atom is -0.353 e. The summed E-state index contributed by atoms with van der Waals surface area (Å²) in [4.78, 5) is 3.81. The maximum atomic E-state index is 3.81. The van der Waals surface area contributed by atoms with E-state index in [0.29, 0.717) is 11.0 Å². The third kappa shape index (κ3) is 2.34. The van der Waals surface area contributed by atoms with Gasteiger partial charge in [-0.1, -0.05) is 45.4 Å². The van der Waals surface area contributed by atoms with Gasteiger partial charge in [0.1, 0.15) is 5.54 Å². The van der Waals surface area contributed by atoms with Gasteiger partial charge in [0.25, 0.3) is 0 Å². The van der Waals surface area contributed by atoms with E-state index in [4.69, 9.17) is 0 Å². The average Bonchev–Trinajstić information content (AvgIpc) is 2.96. The van der Waals surface area contributed by atoms with E-state index in [-0.39, 0.29) is 0 Å². The molecular weight excluding hydrogens is 280 g/mol. The quantitative estimate of drug-likeness (QED) is 0.837. The molecule has 1 aliphatic carbocycles. The standard InChI is InChI=1S/C21H30N2/c1-4-20(2,3)15-9-12-21(13-10-15)19-17(11-14-22-21)16-7-5-6-8-18(16)23-19/h5-8,15,22-23H,4,9-14H2,1-3H3/p+1. The van der Waals surface area contributed by atoms with Gasteiger partial charge in [-0.05, 0) is 35.8 Å². The molecule has 1 aromatic heterocycles. The minimum atomic E-state index is 0.326. The molecule has 2 heterocycles. The molecule has 23 heavy (non-hydrogen) atoms. The van der Waals surface area contributed by atoms with Crippen LogP contribution >= 0.6 is 0 Å². The lowest BCUT2D eigenvalue weighted by molar-refractivity contribution is -0.744. The van der Waals surface area contributed by atoms with Gasteiger partial charge in [0.2, 0.25) is 0 Å². The monoisotopic (exact) mass is 311 g/mol. The fourth-order valence-electron chi connectivity index (χ4n) is 5.14. The summed E-state index contributed by atoms with van der Waals surface area (Å²) in [5.41, 5.74) is 5.32. The van der Waals surface area contributed by atoms with E-state index in [2.05, 4.69) is 55.3 Å². The Balaban J connectivity index is 1.67. The second-order valence-electron chi connectivity index (χ2n) is 8.54. The number of nitrogens with two attached hydrogens (primary N) is 1. The molecule has 0 bridgehead atoms. The van der Waals surface area contributed by atoms with Gasteiger partial charge < -0.3 is 10.3 Å². The first kappa shape index (κ1) is 15.3. The summed E-state index contributed by atoms with van der Waals surface area (Å²) in [5, 5.41) is 4.12. The van der Waals surface area contributed by atoms with Crippen molar-refractivity contribution in [3.63, 3.8) is 0 Å². The largest absolute Gasteiger partial charge is 0.353 e. The van der Waals surface area contributed by atoms with Crippen molar-refractivity contribution in [2.45, 2.75) is 64.8 Å². The van der Waals surface area contributed by atoms with Gasteiger partial charge in [0.15, 0.2) is 0 Å². The highest BCUT2D eigenvalue weighted by Crippen LogP contribution is 2.47. The maximum Gasteiger partial charge on any atom is 0.137 e. The molecule has 0 atom stereocenters. The highest BCUT2D eigenvalue weighted by molar-refractivity contribution is 5.85. The Morgan fingerprint density at radius 2 is 1.96 bits per heavy atom. The van der Waals surface area contributed by atoms with Gasteiger partial charge in [0, 0.05) is 30.2 Å². The van der Waals surface area contributed by atoms with Gasteiger partial charge >= 0.3 is 0 Å². The van der Waals surface area contributed by atoms with Crippen molar-refractivity contribution >= 4 is 10.9 Å². The SMILES string of the molecule is CCC(C)(C)C1CCC2(CC1)[NH2+]CCc1c2[nH]c2ccccc12. The van der Waals surface area contributed by atoms with Crippen LogP contribution < -0.4 is 5.32 Å². The summed E-state index contributed by atoms with van der Waals surface area (Å²) >= 11 is 0. The van der Waals surface area contributed by atoms with E-state index < -0.39 is 0 Å². The average molecular weight is 311 g/mol. The number of para-hydroxylation sites is 1.